The number of fused-ring (bicyclic) bond motifs is 7. The van der Waals surface area contributed by atoms with Crippen molar-refractivity contribution < 1.29 is 70.2 Å². The summed E-state index contributed by atoms with van der Waals surface area (Å²) in [7, 11) is -4.45. The number of unbranched alkanes of at least 4 members (excludes halogenated alkanes) is 1. The number of phosphoric ester groups is 1. The van der Waals surface area contributed by atoms with Crippen molar-refractivity contribution in [3.8, 4) is 0 Å². The van der Waals surface area contributed by atoms with Crippen molar-refractivity contribution in [1.29, 1.82) is 0 Å². The van der Waals surface area contributed by atoms with Gasteiger partial charge in [-0.15, -0.1) is 0 Å². The maximum Gasteiger partial charge on any atom is 0.476 e. The van der Waals surface area contributed by atoms with Crippen molar-refractivity contribution in [1.82, 2.24) is 10.6 Å². The summed E-state index contributed by atoms with van der Waals surface area (Å²) >= 11 is 0. The molecule has 418 valence electrons. The number of benzene rings is 2. The molecule has 7 rings (SSSR count). The summed E-state index contributed by atoms with van der Waals surface area (Å²) in [6, 6.07) is 13.7. The lowest BCUT2D eigenvalue weighted by Gasteiger charge is -2.63. The number of amides is 3. The Kier molecular flexibility index (Phi) is 16.9. The molecule has 1 heterocycles. The average molecular weight is 1080 g/mol. The molecule has 0 unspecified atom stereocenters. The Bertz CT molecular complexity index is 2630. The first-order valence-corrected chi connectivity index (χ1v) is 27.6. The average Bonchev–Trinajstić information content (AvgIpc) is 3.85. The molecule has 0 bridgehead atoms. The molecule has 4 fully saturated rings. The van der Waals surface area contributed by atoms with Gasteiger partial charge < -0.3 is 41.0 Å². The molecule has 20 heteroatoms. The van der Waals surface area contributed by atoms with E-state index in [2.05, 4.69) is 16.0 Å². The highest BCUT2D eigenvalue weighted by molar-refractivity contribution is 7.48. The van der Waals surface area contributed by atoms with Crippen molar-refractivity contribution in [2.24, 2.45) is 28.4 Å². The molecule has 76 heavy (non-hydrogen) atoms. The zero-order valence-electron chi connectivity index (χ0n) is 45.6. The first-order chi connectivity index (χ1) is 35.2. The maximum atomic E-state index is 18.2. The minimum Gasteiger partial charge on any atom is -0.444 e. The lowest BCUT2D eigenvalue weighted by molar-refractivity contribution is -0.235. The van der Waals surface area contributed by atoms with Crippen molar-refractivity contribution >= 4 is 43.0 Å². The molecule has 1 aliphatic heterocycles. The van der Waals surface area contributed by atoms with Crippen molar-refractivity contribution in [2.45, 2.75) is 180 Å². The standard InChI is InChI=1S/C56H77F2N4O13P/c1-50(2,3)73-49(68)60-24-13-12-17-42(62-46(66)31-59)47(67)61-36-16-14-15-34(26-36)25-33-18-20-35(21-19-33)48-71-45-29-38-39-28-41(57)40-27-37(63)22-23-53(40,10)55(39,58)43(64)30-54(38,11)56(45,72-48)44(65)32-70-76(69,74-51(4,5)6)75-52(7,8)9/h14-16,18-23,26-27,38-39,41-43,45,48,64H,12-13,17,24-25,28-32,59H2,1-11H3,(H,60,68)(H,61,67)(H,62,66)/t38-,39-,41-,42-,43-,45+,48+,53-,54-,55-,56+/m0/s1. The third-order valence-electron chi connectivity index (χ3n) is 15.2. The number of hydrogen-bond acceptors (Lipinski definition) is 14. The largest absolute Gasteiger partial charge is 0.476 e. The van der Waals surface area contributed by atoms with E-state index in [4.69, 9.17) is 33.5 Å². The Labute approximate surface area is 444 Å². The van der Waals surface area contributed by atoms with E-state index >= 15 is 13.6 Å². The number of Topliss-reactive ketones (excluding diaryl/α,β-unsaturated/α-hetero) is 1. The van der Waals surface area contributed by atoms with Crippen molar-refractivity contribution in [2.75, 3.05) is 25.0 Å². The molecule has 1 saturated heterocycles. The highest BCUT2D eigenvalue weighted by Crippen LogP contribution is 2.73. The molecule has 4 aliphatic carbocycles. The second kappa shape index (κ2) is 21.8. The third-order valence-corrected chi connectivity index (χ3v) is 17.2. The molecule has 6 N–H and O–H groups in total. The number of nitrogens with two attached hydrogens (primary N) is 1. The molecule has 11 atom stereocenters. The van der Waals surface area contributed by atoms with Gasteiger partial charge in [-0.3, -0.25) is 32.7 Å². The van der Waals surface area contributed by atoms with Gasteiger partial charge in [0.1, 0.15) is 24.4 Å². The second-order valence-electron chi connectivity index (χ2n) is 24.3. The second-order valence-corrected chi connectivity index (χ2v) is 25.8. The van der Waals surface area contributed by atoms with Gasteiger partial charge in [0.25, 0.3) is 0 Å². The third kappa shape index (κ3) is 12.3. The van der Waals surface area contributed by atoms with Gasteiger partial charge in [-0.05, 0) is 161 Å². The van der Waals surface area contributed by atoms with Crippen LogP contribution in [0.1, 0.15) is 138 Å². The maximum absolute atomic E-state index is 18.2. The Morgan fingerprint density at radius 2 is 1.59 bits per heavy atom. The Balaban J connectivity index is 1.10. The van der Waals surface area contributed by atoms with Crippen LogP contribution in [0, 0.1) is 22.7 Å². The van der Waals surface area contributed by atoms with E-state index in [9.17, 15) is 28.8 Å². The summed E-state index contributed by atoms with van der Waals surface area (Å²) in [5.74, 6) is -4.02. The monoisotopic (exact) mass is 1080 g/mol. The van der Waals surface area contributed by atoms with Crippen LogP contribution in [0.5, 0.6) is 0 Å². The topological polar surface area (TPSA) is 240 Å². The number of carbonyl (C=O) groups is 5. The van der Waals surface area contributed by atoms with E-state index in [-0.39, 0.29) is 31.4 Å². The highest BCUT2D eigenvalue weighted by atomic mass is 31.2. The number of allylic oxidation sites excluding steroid dienone is 4. The van der Waals surface area contributed by atoms with Gasteiger partial charge in [0, 0.05) is 34.5 Å². The number of phosphoric acid groups is 1. The number of nitrogens with one attached hydrogen (secondary N) is 3. The Hall–Kier alpha value is -4.72. The van der Waals surface area contributed by atoms with Gasteiger partial charge >= 0.3 is 13.9 Å². The van der Waals surface area contributed by atoms with E-state index in [1.54, 1.807) is 93.5 Å². The van der Waals surface area contributed by atoms with Gasteiger partial charge in [-0.1, -0.05) is 49.4 Å². The summed E-state index contributed by atoms with van der Waals surface area (Å²) in [4.78, 5) is 65.6. The number of aliphatic hydroxyl groups excluding tert-OH is 1. The van der Waals surface area contributed by atoms with Crippen LogP contribution in [0.15, 0.2) is 72.3 Å². The van der Waals surface area contributed by atoms with Gasteiger partial charge in [-0.25, -0.2) is 18.1 Å². The Morgan fingerprint density at radius 3 is 2.22 bits per heavy atom. The molecule has 0 radical (unpaired) electrons. The number of ether oxygens (including phenoxy) is 3. The Morgan fingerprint density at radius 1 is 0.921 bits per heavy atom. The highest BCUT2D eigenvalue weighted by Gasteiger charge is 2.80. The molecule has 3 saturated carbocycles. The number of rotatable bonds is 18. The molecule has 2 aromatic rings. The molecule has 2 aromatic carbocycles. The predicted molar refractivity (Wildman–Crippen MR) is 279 cm³/mol. The summed E-state index contributed by atoms with van der Waals surface area (Å²) in [5, 5.41) is 20.5. The van der Waals surface area contributed by atoms with Crippen LogP contribution >= 0.6 is 7.82 Å². The molecular formula is C56H77F2N4O13P. The van der Waals surface area contributed by atoms with Crippen LogP contribution in [0.2, 0.25) is 0 Å². The normalized spacial score (nSPS) is 30.5. The zero-order chi connectivity index (χ0) is 56.0. The van der Waals surface area contributed by atoms with E-state index in [1.807, 2.05) is 24.3 Å². The number of carbonyl (C=O) groups excluding carboxylic acids is 5. The smallest absolute Gasteiger partial charge is 0.444 e. The van der Waals surface area contributed by atoms with Gasteiger partial charge in [0.05, 0.1) is 30.0 Å². The first kappa shape index (κ1) is 59.0. The minimum atomic E-state index is -4.45. The number of ketones is 2. The fraction of sp³-hybridized carbons (Fsp3) is 0.625. The van der Waals surface area contributed by atoms with E-state index in [0.29, 0.717) is 43.5 Å². The fourth-order valence-corrected chi connectivity index (χ4v) is 13.9. The van der Waals surface area contributed by atoms with Gasteiger partial charge in [0.2, 0.25) is 11.8 Å². The number of aliphatic hydroxyl groups is 1. The number of alkyl carbamates (subject to hydrolysis) is 1. The fourth-order valence-electron chi connectivity index (χ4n) is 12.1. The van der Waals surface area contributed by atoms with Crippen LogP contribution in [0.25, 0.3) is 0 Å². The number of alkyl halides is 2. The lowest BCUT2D eigenvalue weighted by atomic mass is 9.44. The van der Waals surface area contributed by atoms with Crippen molar-refractivity contribution in [3.63, 3.8) is 0 Å². The minimum absolute atomic E-state index is 0.0304. The van der Waals surface area contributed by atoms with Crippen LogP contribution in [-0.4, -0.2) is 107 Å². The summed E-state index contributed by atoms with van der Waals surface area (Å²) < 4.78 is 85.4. The van der Waals surface area contributed by atoms with E-state index in [0.717, 1.165) is 17.2 Å². The van der Waals surface area contributed by atoms with Gasteiger partial charge in [-0.2, -0.15) is 0 Å². The van der Waals surface area contributed by atoms with E-state index < -0.39 is 125 Å². The molecule has 0 aromatic heterocycles. The molecular weight excluding hydrogens is 1010 g/mol. The number of halogens is 2. The summed E-state index contributed by atoms with van der Waals surface area (Å²) in [6.07, 6.45) is -1.40. The van der Waals surface area contributed by atoms with Crippen LogP contribution in [0.4, 0.5) is 19.3 Å². The molecule has 17 nitrogen and oxygen atoms in total. The van der Waals surface area contributed by atoms with Crippen LogP contribution < -0.4 is 21.7 Å². The zero-order valence-corrected chi connectivity index (χ0v) is 46.5. The quantitative estimate of drug-likeness (QED) is 0.0693. The van der Waals surface area contributed by atoms with Crippen molar-refractivity contribution in [3.05, 3.63) is 89.0 Å². The first-order valence-electron chi connectivity index (χ1n) is 26.2. The van der Waals surface area contributed by atoms with Gasteiger partial charge in [0.15, 0.2) is 29.1 Å². The van der Waals surface area contributed by atoms with Crippen LogP contribution in [-0.2, 0) is 57.9 Å². The predicted octanol–water partition coefficient (Wildman–Crippen LogP) is 8.76. The molecule has 5 aliphatic rings. The summed E-state index contributed by atoms with van der Waals surface area (Å²) in [5.41, 5.74) is -1.85. The van der Waals surface area contributed by atoms with E-state index in [1.165, 1.54) is 19.1 Å². The number of anilines is 1. The molecule has 3 amide bonds. The van der Waals surface area contributed by atoms with Crippen LogP contribution in [0.3, 0.4) is 0 Å². The lowest BCUT2D eigenvalue weighted by Crippen LogP contribution is -2.70. The number of hydrogen-bond donors (Lipinski definition) is 5. The molecule has 0 spiro atoms. The summed E-state index contributed by atoms with van der Waals surface area (Å²) in [6.45, 7) is 17.7. The SMILES string of the molecule is CC(C)(C)OC(=O)NCCCC[C@H](NC(=O)CN)C(=O)Nc1cccc(Cc2ccc([C@@H]3O[C@@H]4C[C@H]5[C@@H]6C[C@H](F)C7=CC(=O)C=C[C@]7(C)[C@@]6(F)[C@@H](O)C[C@]5(C)[C@]4(C(=O)COP(=O)(OC(C)(C)C)OC(C)(C)C)O3)cc2)c1.